The number of H-pyrrole nitrogens is 1. The van der Waals surface area contributed by atoms with Crippen LogP contribution in [0.4, 0.5) is 0 Å². The Labute approximate surface area is 163 Å². The van der Waals surface area contributed by atoms with Crippen molar-refractivity contribution in [2.45, 2.75) is 27.7 Å². The van der Waals surface area contributed by atoms with Crippen molar-refractivity contribution < 1.29 is 0 Å². The minimum atomic E-state index is 0.769. The molecule has 0 aliphatic heterocycles. The number of hydrogen-bond acceptors (Lipinski definition) is 0. The average Bonchev–Trinajstić information content (AvgIpc) is 3.00. The summed E-state index contributed by atoms with van der Waals surface area (Å²) < 4.78 is 1.12. The summed E-state index contributed by atoms with van der Waals surface area (Å²) in [6.45, 7) is 8.17. The lowest BCUT2D eigenvalue weighted by atomic mass is 10.1. The predicted octanol–water partition coefficient (Wildman–Crippen LogP) is 8.07. The van der Waals surface area contributed by atoms with E-state index < -0.39 is 0 Å². The molecule has 0 saturated carbocycles. The van der Waals surface area contributed by atoms with Crippen molar-refractivity contribution in [1.29, 1.82) is 0 Å². The Hall–Kier alpha value is -1.77. The summed E-state index contributed by atoms with van der Waals surface area (Å²) >= 11 is 9.63. The molecule has 0 bridgehead atoms. The molecule has 0 spiro atoms. The molecule has 1 heterocycles. The van der Waals surface area contributed by atoms with Gasteiger partial charge in [0.25, 0.3) is 0 Å². The Bertz CT molecular complexity index is 958. The lowest BCUT2D eigenvalue weighted by Gasteiger charge is -1.98. The third-order valence-electron chi connectivity index (χ3n) is 3.81. The molecule has 4 rings (SSSR count). The molecule has 0 saturated heterocycles. The molecule has 0 atom stereocenters. The van der Waals surface area contributed by atoms with Crippen LogP contribution in [0.1, 0.15) is 25.0 Å². The third kappa shape index (κ3) is 4.65. The summed E-state index contributed by atoms with van der Waals surface area (Å²) in [6, 6.07) is 20.4. The third-order valence-corrected chi connectivity index (χ3v) is 5.06. The average molecular weight is 417 g/mol. The first kappa shape index (κ1) is 19.6. The topological polar surface area (TPSA) is 15.8 Å². The summed E-state index contributed by atoms with van der Waals surface area (Å²) in [7, 11) is 0. The molecule has 3 aromatic carbocycles. The Morgan fingerprint density at radius 1 is 0.840 bits per heavy atom. The molecule has 130 valence electrons. The quantitative estimate of drug-likeness (QED) is 0.298. The van der Waals surface area contributed by atoms with Gasteiger partial charge in [0.15, 0.2) is 0 Å². The van der Waals surface area contributed by atoms with E-state index in [0.29, 0.717) is 0 Å². The fourth-order valence-electron chi connectivity index (χ4n) is 2.54. The van der Waals surface area contributed by atoms with Crippen LogP contribution in [-0.4, -0.2) is 4.98 Å². The molecule has 0 unspecified atom stereocenters. The fourth-order valence-corrected chi connectivity index (χ4v) is 3.16. The van der Waals surface area contributed by atoms with Crippen LogP contribution in [0.15, 0.2) is 65.1 Å². The number of aryl methyl sites for hydroxylation is 2. The fraction of sp³-hybridized carbons (Fsp3) is 0.182. The standard InChI is InChI=1S/C13H9BrClN.C7H8.C2H6/c1-7-2-4-9-10-6-8(15)3-5-11(10)16-13(9)12(7)14;1-7-5-3-2-4-6-7;1-2/h2-6,16H,1H3;2-6H,1H3;1-2H3. The van der Waals surface area contributed by atoms with Crippen molar-refractivity contribution in [3.8, 4) is 0 Å². The van der Waals surface area contributed by atoms with Crippen LogP contribution in [0, 0.1) is 13.8 Å². The van der Waals surface area contributed by atoms with Crippen LogP contribution in [0.3, 0.4) is 0 Å². The summed E-state index contributed by atoms with van der Waals surface area (Å²) in [4.78, 5) is 3.41. The van der Waals surface area contributed by atoms with Gasteiger partial charge in [-0.25, -0.2) is 0 Å². The second-order valence-corrected chi connectivity index (χ2v) is 6.82. The monoisotopic (exact) mass is 415 g/mol. The summed E-state index contributed by atoms with van der Waals surface area (Å²) in [5.41, 5.74) is 4.80. The van der Waals surface area contributed by atoms with E-state index >= 15 is 0 Å². The number of rotatable bonds is 0. The zero-order valence-electron chi connectivity index (χ0n) is 15.0. The molecule has 0 radical (unpaired) electrons. The molecule has 0 fully saturated rings. The zero-order valence-corrected chi connectivity index (χ0v) is 17.4. The number of benzene rings is 3. The van der Waals surface area contributed by atoms with Gasteiger partial charge in [0.05, 0.1) is 5.52 Å². The van der Waals surface area contributed by atoms with Crippen LogP contribution in [-0.2, 0) is 0 Å². The number of fused-ring (bicyclic) bond motifs is 3. The number of nitrogens with one attached hydrogen (secondary N) is 1. The molecule has 3 heteroatoms. The van der Waals surface area contributed by atoms with Crippen LogP contribution in [0.5, 0.6) is 0 Å². The first-order chi connectivity index (χ1) is 12.1. The van der Waals surface area contributed by atoms with Gasteiger partial charge >= 0.3 is 0 Å². The minimum Gasteiger partial charge on any atom is -0.354 e. The van der Waals surface area contributed by atoms with Gasteiger partial charge in [0.2, 0.25) is 0 Å². The predicted molar refractivity (Wildman–Crippen MR) is 116 cm³/mol. The lowest BCUT2D eigenvalue weighted by Crippen LogP contribution is -1.76. The van der Waals surface area contributed by atoms with Gasteiger partial charge in [-0.3, -0.25) is 0 Å². The van der Waals surface area contributed by atoms with E-state index in [1.807, 2.05) is 50.2 Å². The lowest BCUT2D eigenvalue weighted by molar-refractivity contribution is 1.44. The highest BCUT2D eigenvalue weighted by Crippen LogP contribution is 2.33. The molecule has 0 amide bonds. The minimum absolute atomic E-state index is 0.769. The number of aromatic amines is 1. The summed E-state index contributed by atoms with van der Waals surface area (Å²) in [5, 5.41) is 3.14. The first-order valence-corrected chi connectivity index (χ1v) is 9.61. The maximum atomic E-state index is 6.02. The van der Waals surface area contributed by atoms with E-state index in [1.54, 1.807) is 0 Å². The van der Waals surface area contributed by atoms with Gasteiger partial charge in [-0.15, -0.1) is 0 Å². The van der Waals surface area contributed by atoms with Crippen LogP contribution < -0.4 is 0 Å². The van der Waals surface area contributed by atoms with Crippen molar-refractivity contribution >= 4 is 49.3 Å². The normalized spacial score (nSPS) is 10.0. The Morgan fingerprint density at radius 2 is 1.52 bits per heavy atom. The SMILES string of the molecule is CC.Cc1ccc2c([nH]c3ccc(Cl)cc32)c1Br.Cc1ccccc1. The first-order valence-electron chi connectivity index (χ1n) is 8.44. The largest absolute Gasteiger partial charge is 0.354 e. The Balaban J connectivity index is 0.000000211. The molecule has 1 nitrogen and oxygen atoms in total. The van der Waals surface area contributed by atoms with Gasteiger partial charge in [-0.1, -0.05) is 73.5 Å². The van der Waals surface area contributed by atoms with Gasteiger partial charge in [-0.2, -0.15) is 0 Å². The van der Waals surface area contributed by atoms with Gasteiger partial charge in [0, 0.05) is 25.8 Å². The van der Waals surface area contributed by atoms with Crippen LogP contribution >= 0.6 is 27.5 Å². The molecule has 0 aliphatic rings. The second kappa shape index (κ2) is 9.07. The van der Waals surface area contributed by atoms with E-state index in [9.17, 15) is 0 Å². The zero-order chi connectivity index (χ0) is 18.4. The Kier molecular flexibility index (Phi) is 7.10. The van der Waals surface area contributed by atoms with Gasteiger partial charge in [-0.05, 0) is 53.5 Å². The number of hydrogen-bond donors (Lipinski definition) is 1. The van der Waals surface area contributed by atoms with Crippen molar-refractivity contribution in [3.63, 3.8) is 0 Å². The molecule has 1 aromatic heterocycles. The Morgan fingerprint density at radius 3 is 2.12 bits per heavy atom. The highest BCUT2D eigenvalue weighted by atomic mass is 79.9. The molecular formula is C22H23BrClN. The molecule has 4 aromatic rings. The van der Waals surface area contributed by atoms with E-state index in [4.69, 9.17) is 11.6 Å². The maximum Gasteiger partial charge on any atom is 0.0611 e. The number of aromatic nitrogens is 1. The van der Waals surface area contributed by atoms with Gasteiger partial charge in [0.1, 0.15) is 0 Å². The van der Waals surface area contributed by atoms with Gasteiger partial charge < -0.3 is 4.98 Å². The van der Waals surface area contributed by atoms with E-state index in [1.165, 1.54) is 21.9 Å². The van der Waals surface area contributed by atoms with E-state index in [0.717, 1.165) is 20.5 Å². The van der Waals surface area contributed by atoms with Crippen molar-refractivity contribution in [2.75, 3.05) is 0 Å². The second-order valence-electron chi connectivity index (χ2n) is 5.59. The van der Waals surface area contributed by atoms with E-state index in [2.05, 4.69) is 59.0 Å². The summed E-state index contributed by atoms with van der Waals surface area (Å²) in [5.74, 6) is 0. The van der Waals surface area contributed by atoms with Crippen LogP contribution in [0.2, 0.25) is 5.02 Å². The van der Waals surface area contributed by atoms with Crippen LogP contribution in [0.25, 0.3) is 21.8 Å². The van der Waals surface area contributed by atoms with Crippen molar-refractivity contribution in [3.05, 3.63) is 81.3 Å². The molecular weight excluding hydrogens is 394 g/mol. The smallest absolute Gasteiger partial charge is 0.0611 e. The highest BCUT2D eigenvalue weighted by molar-refractivity contribution is 9.10. The highest BCUT2D eigenvalue weighted by Gasteiger charge is 2.08. The summed E-state index contributed by atoms with van der Waals surface area (Å²) in [6.07, 6.45) is 0. The van der Waals surface area contributed by atoms with E-state index in [-0.39, 0.29) is 0 Å². The molecule has 25 heavy (non-hydrogen) atoms. The molecule has 1 N–H and O–H groups in total. The molecule has 0 aliphatic carbocycles. The van der Waals surface area contributed by atoms with Crippen molar-refractivity contribution in [2.24, 2.45) is 0 Å². The maximum absolute atomic E-state index is 6.02. The van der Waals surface area contributed by atoms with Crippen molar-refractivity contribution in [1.82, 2.24) is 4.98 Å². The number of halogens is 2.